The van der Waals surface area contributed by atoms with Crippen LogP contribution in [0.15, 0.2) is 12.1 Å². The van der Waals surface area contributed by atoms with Gasteiger partial charge in [0.1, 0.15) is 0 Å². The fourth-order valence-corrected chi connectivity index (χ4v) is 2.37. The van der Waals surface area contributed by atoms with Gasteiger partial charge in [0.2, 0.25) is 0 Å². The van der Waals surface area contributed by atoms with E-state index in [-0.39, 0.29) is 10.6 Å². The van der Waals surface area contributed by atoms with Crippen LogP contribution in [0.5, 0.6) is 0 Å². The molecule has 1 rings (SSSR count). The summed E-state index contributed by atoms with van der Waals surface area (Å²) < 4.78 is 0.696. The van der Waals surface area contributed by atoms with E-state index in [4.69, 9.17) is 34.8 Å². The monoisotopic (exact) mass is 334 g/mol. The van der Waals surface area contributed by atoms with E-state index in [0.29, 0.717) is 8.59 Å². The van der Waals surface area contributed by atoms with Crippen molar-refractivity contribution in [2.75, 3.05) is 0 Å². The predicted molar refractivity (Wildman–Crippen MR) is 59.4 cm³/mol. The Kier molecular flexibility index (Phi) is 3.64. The second-order valence-electron chi connectivity index (χ2n) is 1.99. The van der Waals surface area contributed by atoms with Crippen molar-refractivity contribution < 1.29 is 4.79 Å². The molecular weight excluding hydrogens is 333 g/mol. The van der Waals surface area contributed by atoms with Crippen LogP contribution in [0.1, 0.15) is 10.4 Å². The second-order valence-corrected chi connectivity index (χ2v) is 4.28. The minimum Gasteiger partial charge on any atom is -0.276 e. The van der Waals surface area contributed by atoms with Crippen molar-refractivity contribution in [2.45, 2.75) is 0 Å². The summed E-state index contributed by atoms with van der Waals surface area (Å²) in [4.78, 5) is 10.9. The molecule has 0 aliphatic carbocycles. The molecule has 0 radical (unpaired) electrons. The molecule has 1 aromatic carbocycles. The molecule has 0 saturated heterocycles. The molecule has 1 nitrogen and oxygen atoms in total. The molecular formula is C7H2Cl3IO. The SMILES string of the molecule is O=C(Cl)c1c(I)ccc(Cl)c1Cl. The van der Waals surface area contributed by atoms with Gasteiger partial charge in [-0.1, -0.05) is 23.2 Å². The van der Waals surface area contributed by atoms with Crippen LogP contribution in [0.2, 0.25) is 10.0 Å². The number of rotatable bonds is 1. The number of carbonyl (C=O) groups is 1. The van der Waals surface area contributed by atoms with Gasteiger partial charge in [-0.05, 0) is 46.3 Å². The van der Waals surface area contributed by atoms with Crippen LogP contribution < -0.4 is 0 Å². The van der Waals surface area contributed by atoms with Gasteiger partial charge in [0.05, 0.1) is 15.6 Å². The topological polar surface area (TPSA) is 17.1 Å². The largest absolute Gasteiger partial charge is 0.276 e. The highest BCUT2D eigenvalue weighted by molar-refractivity contribution is 14.1. The molecule has 0 bridgehead atoms. The second kappa shape index (κ2) is 4.13. The van der Waals surface area contributed by atoms with Gasteiger partial charge in [0.25, 0.3) is 5.24 Å². The maximum absolute atomic E-state index is 10.9. The Bertz CT molecular complexity index is 338. The zero-order valence-electron chi connectivity index (χ0n) is 5.57. The molecule has 12 heavy (non-hydrogen) atoms. The first-order chi connectivity index (χ1) is 5.54. The van der Waals surface area contributed by atoms with Gasteiger partial charge in [-0.2, -0.15) is 0 Å². The highest BCUT2D eigenvalue weighted by Crippen LogP contribution is 2.30. The maximum Gasteiger partial charge on any atom is 0.255 e. The minimum absolute atomic E-state index is 0.212. The van der Waals surface area contributed by atoms with Crippen LogP contribution in [-0.4, -0.2) is 5.24 Å². The van der Waals surface area contributed by atoms with E-state index in [2.05, 4.69) is 0 Å². The molecule has 0 heterocycles. The van der Waals surface area contributed by atoms with Crippen LogP contribution >= 0.6 is 57.4 Å². The Hall–Kier alpha value is 0.490. The zero-order chi connectivity index (χ0) is 9.30. The zero-order valence-corrected chi connectivity index (χ0v) is 10.0. The lowest BCUT2D eigenvalue weighted by atomic mass is 10.2. The molecule has 0 aliphatic heterocycles. The quantitative estimate of drug-likeness (QED) is 0.431. The van der Waals surface area contributed by atoms with E-state index < -0.39 is 5.24 Å². The fourth-order valence-electron chi connectivity index (χ4n) is 0.707. The van der Waals surface area contributed by atoms with Crippen LogP contribution in [0.4, 0.5) is 0 Å². The lowest BCUT2D eigenvalue weighted by molar-refractivity contribution is 0.108. The van der Waals surface area contributed by atoms with Crippen LogP contribution in [-0.2, 0) is 0 Å². The van der Waals surface area contributed by atoms with Crippen molar-refractivity contribution in [1.29, 1.82) is 0 Å². The summed E-state index contributed by atoms with van der Waals surface area (Å²) >= 11 is 18.7. The van der Waals surface area contributed by atoms with Crippen LogP contribution in [0.25, 0.3) is 0 Å². The molecule has 0 saturated carbocycles. The summed E-state index contributed by atoms with van der Waals surface area (Å²) in [6, 6.07) is 3.30. The number of carbonyl (C=O) groups excluding carboxylic acids is 1. The number of halogens is 4. The Morgan fingerprint density at radius 1 is 1.33 bits per heavy atom. The van der Waals surface area contributed by atoms with Crippen molar-refractivity contribution in [3.63, 3.8) is 0 Å². The summed E-state index contributed by atoms with van der Waals surface area (Å²) in [5.41, 5.74) is 0.270. The number of hydrogen-bond donors (Lipinski definition) is 0. The standard InChI is InChI=1S/C7H2Cl3IO/c8-3-1-2-4(11)5(6(3)9)7(10)12/h1-2H. The Balaban J connectivity index is 3.43. The third-order valence-electron chi connectivity index (χ3n) is 1.24. The van der Waals surface area contributed by atoms with Crippen LogP contribution in [0.3, 0.4) is 0 Å². The summed E-state index contributed by atoms with van der Waals surface area (Å²) in [6.45, 7) is 0. The van der Waals surface area contributed by atoms with E-state index in [1.54, 1.807) is 12.1 Å². The van der Waals surface area contributed by atoms with E-state index in [0.717, 1.165) is 0 Å². The van der Waals surface area contributed by atoms with Crippen molar-refractivity contribution in [3.05, 3.63) is 31.3 Å². The van der Waals surface area contributed by atoms with Crippen molar-refractivity contribution in [1.82, 2.24) is 0 Å². The van der Waals surface area contributed by atoms with E-state index in [1.165, 1.54) is 0 Å². The molecule has 5 heteroatoms. The molecule has 64 valence electrons. The molecule has 1 aromatic rings. The third kappa shape index (κ3) is 2.05. The first kappa shape index (κ1) is 10.6. The van der Waals surface area contributed by atoms with Crippen molar-refractivity contribution in [3.8, 4) is 0 Å². The highest BCUT2D eigenvalue weighted by atomic mass is 127. The first-order valence-corrected chi connectivity index (χ1v) is 5.08. The van der Waals surface area contributed by atoms with Gasteiger partial charge in [0.15, 0.2) is 0 Å². The molecule has 0 N–H and O–H groups in total. The van der Waals surface area contributed by atoms with Crippen LogP contribution in [0, 0.1) is 3.57 Å². The minimum atomic E-state index is -0.591. The molecule has 0 unspecified atom stereocenters. The molecule has 0 spiro atoms. The molecule has 0 fully saturated rings. The fraction of sp³-hybridized carbons (Fsp3) is 0. The first-order valence-electron chi connectivity index (χ1n) is 2.87. The van der Waals surface area contributed by atoms with Gasteiger partial charge in [-0.15, -0.1) is 0 Å². The van der Waals surface area contributed by atoms with Gasteiger partial charge < -0.3 is 0 Å². The molecule has 0 aliphatic rings. The average Bonchev–Trinajstić information content (AvgIpc) is 1.97. The number of benzene rings is 1. The summed E-state index contributed by atoms with van der Waals surface area (Å²) in [5, 5.41) is -0.0449. The van der Waals surface area contributed by atoms with Gasteiger partial charge in [-0.3, -0.25) is 4.79 Å². The van der Waals surface area contributed by atoms with E-state index in [1.807, 2.05) is 22.6 Å². The van der Waals surface area contributed by atoms with Gasteiger partial charge >= 0.3 is 0 Å². The van der Waals surface area contributed by atoms with Gasteiger partial charge in [0, 0.05) is 3.57 Å². The Morgan fingerprint density at radius 2 is 1.92 bits per heavy atom. The smallest absolute Gasteiger partial charge is 0.255 e. The predicted octanol–water partition coefficient (Wildman–Crippen LogP) is 3.98. The Morgan fingerprint density at radius 3 is 2.33 bits per heavy atom. The molecule has 0 atom stereocenters. The third-order valence-corrected chi connectivity index (χ3v) is 3.13. The molecule has 0 amide bonds. The summed E-state index contributed by atoms with van der Waals surface area (Å²) in [5.74, 6) is 0. The normalized spacial score (nSPS) is 10.0. The average molecular weight is 335 g/mol. The lowest BCUT2D eigenvalue weighted by Gasteiger charge is -2.02. The molecule has 0 aromatic heterocycles. The van der Waals surface area contributed by atoms with Crippen molar-refractivity contribution in [2.24, 2.45) is 0 Å². The Labute approximate surface area is 98.1 Å². The van der Waals surface area contributed by atoms with E-state index in [9.17, 15) is 4.79 Å². The number of hydrogen-bond acceptors (Lipinski definition) is 1. The van der Waals surface area contributed by atoms with Gasteiger partial charge in [-0.25, -0.2) is 0 Å². The maximum atomic E-state index is 10.9. The lowest BCUT2D eigenvalue weighted by Crippen LogP contribution is -1.94. The summed E-state index contributed by atoms with van der Waals surface area (Å²) in [7, 11) is 0. The van der Waals surface area contributed by atoms with E-state index >= 15 is 0 Å². The summed E-state index contributed by atoms with van der Waals surface area (Å²) in [6.07, 6.45) is 0. The highest BCUT2D eigenvalue weighted by Gasteiger charge is 2.14. The van der Waals surface area contributed by atoms with Crippen molar-refractivity contribution >= 4 is 62.6 Å².